The van der Waals surface area contributed by atoms with E-state index in [1.807, 2.05) is 13.0 Å². The zero-order valence-electron chi connectivity index (χ0n) is 12.9. The molecule has 1 saturated heterocycles. The van der Waals surface area contributed by atoms with Crippen molar-refractivity contribution in [2.24, 2.45) is 5.41 Å². The fourth-order valence-corrected chi connectivity index (χ4v) is 2.55. The summed E-state index contributed by atoms with van der Waals surface area (Å²) in [7, 11) is 0. The highest BCUT2D eigenvalue weighted by molar-refractivity contribution is 5.47. The summed E-state index contributed by atoms with van der Waals surface area (Å²) in [6, 6.07) is 1.87. The number of nitrogens with zero attached hydrogens (tertiary/aromatic N) is 3. The zero-order valence-corrected chi connectivity index (χ0v) is 12.9. The van der Waals surface area contributed by atoms with Crippen LogP contribution < -0.4 is 10.6 Å². The molecule has 1 aromatic heterocycles. The summed E-state index contributed by atoms with van der Waals surface area (Å²) in [6.45, 7) is 9.77. The quantitative estimate of drug-likeness (QED) is 0.897. The minimum absolute atomic E-state index is 0.426. The fourth-order valence-electron chi connectivity index (χ4n) is 2.55. The average molecular weight is 278 g/mol. The average Bonchev–Trinajstić information content (AvgIpc) is 2.45. The van der Waals surface area contributed by atoms with Crippen molar-refractivity contribution in [3.63, 3.8) is 0 Å². The minimum Gasteiger partial charge on any atom is -0.384 e. The lowest BCUT2D eigenvalue weighted by atomic mass is 9.78. The Balaban J connectivity index is 2.07. The lowest BCUT2D eigenvalue weighted by molar-refractivity contribution is 0.128. The third-order valence-corrected chi connectivity index (χ3v) is 4.36. The van der Waals surface area contributed by atoms with Gasteiger partial charge in [-0.2, -0.15) is 0 Å². The second kappa shape index (κ2) is 6.39. The number of ether oxygens (including phenoxy) is 1. The number of nitrogens with two attached hydrogens (primary N) is 1. The Hall–Kier alpha value is -1.36. The Bertz CT molecular complexity index is 441. The molecule has 0 saturated carbocycles. The van der Waals surface area contributed by atoms with E-state index in [1.54, 1.807) is 0 Å². The number of rotatable bonds is 5. The van der Waals surface area contributed by atoms with Crippen LogP contribution in [0.25, 0.3) is 0 Å². The van der Waals surface area contributed by atoms with Gasteiger partial charge >= 0.3 is 0 Å². The van der Waals surface area contributed by atoms with E-state index in [9.17, 15) is 0 Å². The van der Waals surface area contributed by atoms with Gasteiger partial charge in [0.1, 0.15) is 18.2 Å². The molecule has 5 nitrogen and oxygen atoms in total. The lowest BCUT2D eigenvalue weighted by Gasteiger charge is -2.39. The predicted octanol–water partition coefficient (Wildman–Crippen LogP) is 2.61. The van der Waals surface area contributed by atoms with E-state index in [-0.39, 0.29) is 0 Å². The second-order valence-electron chi connectivity index (χ2n) is 5.86. The molecule has 1 aliphatic rings. The van der Waals surface area contributed by atoms with Crippen LogP contribution in [0.5, 0.6) is 0 Å². The van der Waals surface area contributed by atoms with E-state index in [2.05, 4.69) is 28.7 Å². The molecule has 5 heteroatoms. The van der Waals surface area contributed by atoms with Crippen molar-refractivity contribution in [2.75, 3.05) is 30.3 Å². The molecular formula is C15H26N4O. The van der Waals surface area contributed by atoms with Crippen LogP contribution in [0.4, 0.5) is 11.6 Å². The maximum atomic E-state index is 5.88. The molecule has 0 aliphatic carbocycles. The molecule has 112 valence electrons. The maximum absolute atomic E-state index is 5.88. The van der Waals surface area contributed by atoms with Gasteiger partial charge in [-0.25, -0.2) is 9.97 Å². The number of hydrogen-bond acceptors (Lipinski definition) is 5. The van der Waals surface area contributed by atoms with Crippen molar-refractivity contribution in [3.8, 4) is 0 Å². The van der Waals surface area contributed by atoms with Crippen LogP contribution in [0.15, 0.2) is 6.07 Å². The van der Waals surface area contributed by atoms with E-state index in [0.717, 1.165) is 18.9 Å². The summed E-state index contributed by atoms with van der Waals surface area (Å²) in [6.07, 6.45) is 3.64. The first-order valence-electron chi connectivity index (χ1n) is 7.52. The summed E-state index contributed by atoms with van der Waals surface area (Å²) in [5, 5.41) is 0. The highest BCUT2D eigenvalue weighted by Gasteiger charge is 2.29. The van der Waals surface area contributed by atoms with Crippen LogP contribution in [0.3, 0.4) is 0 Å². The molecule has 0 amide bonds. The molecule has 0 aromatic carbocycles. The highest BCUT2D eigenvalue weighted by Crippen LogP contribution is 2.35. The molecule has 20 heavy (non-hydrogen) atoms. The molecule has 0 bridgehead atoms. The van der Waals surface area contributed by atoms with E-state index in [0.29, 0.717) is 30.3 Å². The summed E-state index contributed by atoms with van der Waals surface area (Å²) in [4.78, 5) is 11.1. The Kier molecular flexibility index (Phi) is 4.81. The number of piperidine rings is 1. The summed E-state index contributed by atoms with van der Waals surface area (Å²) >= 11 is 0. The van der Waals surface area contributed by atoms with Crippen molar-refractivity contribution in [1.29, 1.82) is 0 Å². The van der Waals surface area contributed by atoms with Gasteiger partial charge in [0.05, 0.1) is 0 Å². The zero-order chi connectivity index (χ0) is 14.6. The summed E-state index contributed by atoms with van der Waals surface area (Å²) < 4.78 is 5.37. The number of hydrogen-bond donors (Lipinski definition) is 1. The van der Waals surface area contributed by atoms with Crippen LogP contribution in [0.1, 0.15) is 45.9 Å². The molecule has 0 spiro atoms. The van der Waals surface area contributed by atoms with Crippen LogP contribution in [-0.4, -0.2) is 29.7 Å². The highest BCUT2D eigenvalue weighted by atomic mass is 16.5. The number of anilines is 2. The smallest absolute Gasteiger partial charge is 0.158 e. The van der Waals surface area contributed by atoms with Crippen molar-refractivity contribution in [2.45, 2.75) is 46.6 Å². The maximum Gasteiger partial charge on any atom is 0.158 e. The summed E-state index contributed by atoms with van der Waals surface area (Å²) in [5.41, 5.74) is 6.36. The van der Waals surface area contributed by atoms with Crippen molar-refractivity contribution in [1.82, 2.24) is 9.97 Å². The first-order valence-corrected chi connectivity index (χ1v) is 7.52. The van der Waals surface area contributed by atoms with Gasteiger partial charge in [-0.3, -0.25) is 0 Å². The largest absolute Gasteiger partial charge is 0.384 e. The van der Waals surface area contributed by atoms with Crippen LogP contribution in [0.2, 0.25) is 0 Å². The number of aromatic nitrogens is 2. The summed E-state index contributed by atoms with van der Waals surface area (Å²) in [5.74, 6) is 2.13. The standard InChI is InChI=1S/C15H26N4O/c1-4-15(3)6-8-19(9-7-15)14-10-12(16)17-13(18-14)11-20-5-2/h10H,4-9,11H2,1-3H3,(H2,16,17,18). The molecule has 2 N–H and O–H groups in total. The van der Waals surface area contributed by atoms with E-state index < -0.39 is 0 Å². The Labute approximate surface area is 121 Å². The predicted molar refractivity (Wildman–Crippen MR) is 81.6 cm³/mol. The third kappa shape index (κ3) is 3.60. The molecule has 0 radical (unpaired) electrons. The molecular weight excluding hydrogens is 252 g/mol. The molecule has 1 aliphatic heterocycles. The SMILES string of the molecule is CCOCc1nc(N)cc(N2CCC(C)(CC)CC2)n1. The van der Waals surface area contributed by atoms with Gasteiger partial charge in [0.2, 0.25) is 0 Å². The molecule has 1 aromatic rings. The van der Waals surface area contributed by atoms with Gasteiger partial charge in [-0.05, 0) is 25.2 Å². The van der Waals surface area contributed by atoms with E-state index in [4.69, 9.17) is 10.5 Å². The normalized spacial score (nSPS) is 18.2. The lowest BCUT2D eigenvalue weighted by Crippen LogP contribution is -2.39. The molecule has 0 unspecified atom stereocenters. The van der Waals surface area contributed by atoms with Gasteiger partial charge in [0, 0.05) is 25.8 Å². The fraction of sp³-hybridized carbons (Fsp3) is 0.733. The van der Waals surface area contributed by atoms with Gasteiger partial charge in [-0.15, -0.1) is 0 Å². The van der Waals surface area contributed by atoms with Gasteiger partial charge in [0.25, 0.3) is 0 Å². The van der Waals surface area contributed by atoms with Crippen LogP contribution >= 0.6 is 0 Å². The Morgan fingerprint density at radius 2 is 2.00 bits per heavy atom. The van der Waals surface area contributed by atoms with Gasteiger partial charge in [0.15, 0.2) is 5.82 Å². The van der Waals surface area contributed by atoms with Crippen molar-refractivity contribution >= 4 is 11.6 Å². The minimum atomic E-state index is 0.426. The molecule has 1 fully saturated rings. The topological polar surface area (TPSA) is 64.3 Å². The Morgan fingerprint density at radius 3 is 2.60 bits per heavy atom. The first-order chi connectivity index (χ1) is 9.56. The first kappa shape index (κ1) is 15.0. The molecule has 0 atom stereocenters. The third-order valence-electron chi connectivity index (χ3n) is 4.36. The second-order valence-corrected chi connectivity index (χ2v) is 5.86. The Morgan fingerprint density at radius 1 is 1.30 bits per heavy atom. The molecule has 2 heterocycles. The van der Waals surface area contributed by atoms with E-state index >= 15 is 0 Å². The van der Waals surface area contributed by atoms with Gasteiger partial charge < -0.3 is 15.4 Å². The van der Waals surface area contributed by atoms with E-state index in [1.165, 1.54) is 19.3 Å². The van der Waals surface area contributed by atoms with Crippen molar-refractivity contribution in [3.05, 3.63) is 11.9 Å². The monoisotopic (exact) mass is 278 g/mol. The van der Waals surface area contributed by atoms with Gasteiger partial charge in [-0.1, -0.05) is 20.3 Å². The van der Waals surface area contributed by atoms with Crippen LogP contribution in [0, 0.1) is 5.41 Å². The number of nitrogen functional groups attached to an aromatic ring is 1. The van der Waals surface area contributed by atoms with Crippen LogP contribution in [-0.2, 0) is 11.3 Å². The van der Waals surface area contributed by atoms with Crippen molar-refractivity contribution < 1.29 is 4.74 Å². The molecule has 2 rings (SSSR count).